The first-order valence-corrected chi connectivity index (χ1v) is 9.99. The number of nitrogens with zero attached hydrogens (tertiary/aromatic N) is 2. The summed E-state index contributed by atoms with van der Waals surface area (Å²) in [5.74, 6) is 0.0481. The third-order valence-electron chi connectivity index (χ3n) is 5.67. The van der Waals surface area contributed by atoms with Crippen LogP contribution in [0.15, 0.2) is 66.7 Å². The van der Waals surface area contributed by atoms with E-state index in [4.69, 9.17) is 0 Å². The predicted molar refractivity (Wildman–Crippen MR) is 118 cm³/mol. The van der Waals surface area contributed by atoms with Gasteiger partial charge in [-0.15, -0.1) is 0 Å². The molecule has 0 saturated carbocycles. The number of benzene rings is 3. The first-order chi connectivity index (χ1) is 14.5. The van der Waals surface area contributed by atoms with Gasteiger partial charge in [0.25, 0.3) is 0 Å². The fourth-order valence-corrected chi connectivity index (χ4v) is 4.00. The van der Waals surface area contributed by atoms with E-state index < -0.39 is 6.04 Å². The van der Waals surface area contributed by atoms with Crippen LogP contribution in [0.1, 0.15) is 34.1 Å². The molecule has 4 aromatic rings. The molecule has 2 N–H and O–H groups in total. The van der Waals surface area contributed by atoms with Crippen LogP contribution in [0.4, 0.5) is 0 Å². The lowest BCUT2D eigenvalue weighted by molar-refractivity contribution is -0.120. The van der Waals surface area contributed by atoms with Gasteiger partial charge in [-0.05, 0) is 36.2 Å². The predicted octanol–water partition coefficient (Wildman–Crippen LogP) is 4.34. The van der Waals surface area contributed by atoms with E-state index in [9.17, 15) is 9.90 Å². The highest BCUT2D eigenvalue weighted by molar-refractivity contribution is 5.89. The van der Waals surface area contributed by atoms with E-state index in [0.717, 1.165) is 33.3 Å². The first kappa shape index (κ1) is 19.7. The monoisotopic (exact) mass is 399 g/mol. The Balaban J connectivity index is 1.76. The van der Waals surface area contributed by atoms with Gasteiger partial charge in [-0.2, -0.15) is 5.10 Å². The molecule has 0 aliphatic heterocycles. The zero-order valence-electron chi connectivity index (χ0n) is 17.4. The number of aryl methyl sites for hydroxylation is 2. The van der Waals surface area contributed by atoms with Crippen molar-refractivity contribution in [1.82, 2.24) is 15.1 Å². The van der Waals surface area contributed by atoms with E-state index in [0.29, 0.717) is 5.56 Å². The summed E-state index contributed by atoms with van der Waals surface area (Å²) in [5, 5.41) is 20.3. The molecule has 1 atom stereocenters. The summed E-state index contributed by atoms with van der Waals surface area (Å²) in [5.41, 5.74) is 4.38. The summed E-state index contributed by atoms with van der Waals surface area (Å²) < 4.78 is 1.79. The van der Waals surface area contributed by atoms with Crippen molar-refractivity contribution in [3.8, 4) is 5.75 Å². The van der Waals surface area contributed by atoms with Gasteiger partial charge in [0.05, 0.1) is 18.2 Å². The number of amides is 1. The molecule has 5 heteroatoms. The summed E-state index contributed by atoms with van der Waals surface area (Å²) in [6.07, 6.45) is 0.236. The Morgan fingerprint density at radius 3 is 2.43 bits per heavy atom. The number of phenolic OH excluding ortho intramolecular Hbond substituents is 1. The van der Waals surface area contributed by atoms with Crippen molar-refractivity contribution in [3.63, 3.8) is 0 Å². The van der Waals surface area contributed by atoms with Crippen LogP contribution in [0.2, 0.25) is 0 Å². The molecule has 1 aromatic heterocycles. The van der Waals surface area contributed by atoms with Gasteiger partial charge in [-0.25, -0.2) is 0 Å². The molecule has 152 valence electrons. The van der Waals surface area contributed by atoms with Crippen molar-refractivity contribution >= 4 is 16.7 Å². The van der Waals surface area contributed by atoms with Crippen molar-refractivity contribution < 1.29 is 9.90 Å². The van der Waals surface area contributed by atoms with Crippen molar-refractivity contribution in [2.24, 2.45) is 7.05 Å². The van der Waals surface area contributed by atoms with E-state index in [1.54, 1.807) is 10.7 Å². The van der Waals surface area contributed by atoms with Crippen molar-refractivity contribution in [1.29, 1.82) is 0 Å². The quantitative estimate of drug-likeness (QED) is 0.524. The number of rotatable bonds is 5. The molecular weight excluding hydrogens is 374 g/mol. The number of hydrogen-bond acceptors (Lipinski definition) is 3. The molecule has 5 nitrogen and oxygen atoms in total. The Labute approximate surface area is 176 Å². The standard InChI is InChI=1S/C25H25N3O2/c1-16-21(17(2)28(3)27-16)15-23(30)26-25(19-10-5-4-6-11-19)24-20-12-8-7-9-18(20)13-14-22(24)29/h4-14,25,29H,15H2,1-3H3,(H,26,30). The van der Waals surface area contributed by atoms with Crippen LogP contribution in [0, 0.1) is 13.8 Å². The second-order valence-electron chi connectivity index (χ2n) is 7.58. The molecule has 0 bridgehead atoms. The maximum Gasteiger partial charge on any atom is 0.225 e. The van der Waals surface area contributed by atoms with Crippen LogP contribution < -0.4 is 5.32 Å². The van der Waals surface area contributed by atoms with Gasteiger partial charge < -0.3 is 10.4 Å². The molecule has 1 heterocycles. The lowest BCUT2D eigenvalue weighted by Crippen LogP contribution is -2.31. The molecule has 0 aliphatic carbocycles. The van der Waals surface area contributed by atoms with Crippen LogP contribution in [0.25, 0.3) is 10.8 Å². The Morgan fingerprint density at radius 1 is 1.03 bits per heavy atom. The topological polar surface area (TPSA) is 67.2 Å². The van der Waals surface area contributed by atoms with Gasteiger partial charge in [0, 0.05) is 23.9 Å². The third-order valence-corrected chi connectivity index (χ3v) is 5.67. The maximum absolute atomic E-state index is 13.1. The zero-order chi connectivity index (χ0) is 21.3. The lowest BCUT2D eigenvalue weighted by atomic mass is 9.92. The largest absolute Gasteiger partial charge is 0.508 e. The minimum absolute atomic E-state index is 0.115. The normalized spacial score (nSPS) is 12.1. The highest BCUT2D eigenvalue weighted by Gasteiger charge is 2.23. The summed E-state index contributed by atoms with van der Waals surface area (Å²) in [6, 6.07) is 20.7. The van der Waals surface area contributed by atoms with E-state index in [1.807, 2.05) is 81.6 Å². The molecule has 0 aliphatic rings. The number of nitrogens with one attached hydrogen (secondary N) is 1. The Hall–Kier alpha value is -3.60. The zero-order valence-corrected chi connectivity index (χ0v) is 17.4. The Kier molecular flexibility index (Phi) is 5.27. The number of aromatic nitrogens is 2. The van der Waals surface area contributed by atoms with Gasteiger partial charge in [-0.1, -0.05) is 60.7 Å². The van der Waals surface area contributed by atoms with Crippen LogP contribution in [0.3, 0.4) is 0 Å². The van der Waals surface area contributed by atoms with Crippen molar-refractivity contribution in [2.75, 3.05) is 0 Å². The van der Waals surface area contributed by atoms with E-state index in [-0.39, 0.29) is 18.1 Å². The van der Waals surface area contributed by atoms with E-state index in [1.165, 1.54) is 0 Å². The lowest BCUT2D eigenvalue weighted by Gasteiger charge is -2.23. The highest BCUT2D eigenvalue weighted by Crippen LogP contribution is 2.35. The van der Waals surface area contributed by atoms with E-state index >= 15 is 0 Å². The molecule has 4 rings (SSSR count). The fourth-order valence-electron chi connectivity index (χ4n) is 4.00. The highest BCUT2D eigenvalue weighted by atomic mass is 16.3. The molecule has 3 aromatic carbocycles. The molecule has 0 saturated heterocycles. The maximum atomic E-state index is 13.1. The molecule has 0 radical (unpaired) electrons. The van der Waals surface area contributed by atoms with Crippen LogP contribution >= 0.6 is 0 Å². The Bertz CT molecular complexity index is 1210. The summed E-state index contributed by atoms with van der Waals surface area (Å²) in [7, 11) is 1.88. The molecule has 0 spiro atoms. The average Bonchev–Trinajstić information content (AvgIpc) is 2.99. The minimum Gasteiger partial charge on any atom is -0.508 e. The van der Waals surface area contributed by atoms with Crippen LogP contribution in [-0.2, 0) is 18.3 Å². The molecular formula is C25H25N3O2. The van der Waals surface area contributed by atoms with Gasteiger partial charge in [0.1, 0.15) is 5.75 Å². The first-order valence-electron chi connectivity index (χ1n) is 9.99. The summed E-state index contributed by atoms with van der Waals surface area (Å²) in [6.45, 7) is 3.88. The number of phenols is 1. The molecule has 30 heavy (non-hydrogen) atoms. The number of aromatic hydroxyl groups is 1. The van der Waals surface area contributed by atoms with Crippen LogP contribution in [0.5, 0.6) is 5.75 Å². The molecule has 1 amide bonds. The smallest absolute Gasteiger partial charge is 0.225 e. The number of fused-ring (bicyclic) bond motifs is 1. The SMILES string of the molecule is Cc1nn(C)c(C)c1CC(=O)NC(c1ccccc1)c1c(O)ccc2ccccc12. The second kappa shape index (κ2) is 8.03. The third kappa shape index (κ3) is 3.66. The number of carbonyl (C=O) groups is 1. The number of hydrogen-bond donors (Lipinski definition) is 2. The number of carbonyl (C=O) groups excluding carboxylic acids is 1. The van der Waals surface area contributed by atoms with E-state index in [2.05, 4.69) is 10.4 Å². The van der Waals surface area contributed by atoms with Gasteiger partial charge in [-0.3, -0.25) is 9.48 Å². The van der Waals surface area contributed by atoms with Crippen molar-refractivity contribution in [3.05, 3.63) is 94.8 Å². The second-order valence-corrected chi connectivity index (χ2v) is 7.58. The van der Waals surface area contributed by atoms with Gasteiger partial charge in [0.15, 0.2) is 0 Å². The Morgan fingerprint density at radius 2 is 1.73 bits per heavy atom. The van der Waals surface area contributed by atoms with Gasteiger partial charge >= 0.3 is 0 Å². The fraction of sp³-hybridized carbons (Fsp3) is 0.200. The summed E-state index contributed by atoms with van der Waals surface area (Å²) in [4.78, 5) is 13.1. The average molecular weight is 399 g/mol. The minimum atomic E-state index is -0.470. The van der Waals surface area contributed by atoms with Crippen LogP contribution in [-0.4, -0.2) is 20.8 Å². The molecule has 1 unspecified atom stereocenters. The molecule has 0 fully saturated rings. The van der Waals surface area contributed by atoms with Gasteiger partial charge in [0.2, 0.25) is 5.91 Å². The summed E-state index contributed by atoms with van der Waals surface area (Å²) >= 11 is 0. The van der Waals surface area contributed by atoms with Crippen molar-refractivity contribution in [2.45, 2.75) is 26.3 Å².